The maximum absolute atomic E-state index is 12.8. The third-order valence-electron chi connectivity index (χ3n) is 6.43. The zero-order valence-electron chi connectivity index (χ0n) is 22.7. The minimum Gasteiger partial charge on any atom is -0.493 e. The van der Waals surface area contributed by atoms with Crippen LogP contribution in [0.15, 0.2) is 73.3 Å². The Hall–Kier alpha value is -4.46. The van der Waals surface area contributed by atoms with Crippen molar-refractivity contribution in [3.05, 3.63) is 90.3 Å². The van der Waals surface area contributed by atoms with E-state index in [-0.39, 0.29) is 5.91 Å². The highest BCUT2D eigenvalue weighted by atomic mass is 16.5. The van der Waals surface area contributed by atoms with Gasteiger partial charge in [0.1, 0.15) is 18.2 Å². The van der Waals surface area contributed by atoms with Crippen molar-refractivity contribution in [3.8, 4) is 23.0 Å². The molecule has 1 heterocycles. The Morgan fingerprint density at radius 2 is 1.69 bits per heavy atom. The van der Waals surface area contributed by atoms with Crippen LogP contribution in [0.25, 0.3) is 11.0 Å². The SMILES string of the molecule is C=CCc1ccccc1OCCn1c(CCCNC(=O)c2cc(OC)c(OC)c(OC)c2)nc2ccccc21. The minimum absolute atomic E-state index is 0.214. The molecule has 1 aromatic heterocycles. The fourth-order valence-corrected chi connectivity index (χ4v) is 4.54. The van der Waals surface area contributed by atoms with E-state index in [9.17, 15) is 4.79 Å². The second-order valence-corrected chi connectivity index (χ2v) is 8.89. The summed E-state index contributed by atoms with van der Waals surface area (Å²) in [6, 6.07) is 19.4. The third kappa shape index (κ3) is 6.52. The van der Waals surface area contributed by atoms with Gasteiger partial charge in [0.15, 0.2) is 11.5 Å². The van der Waals surface area contributed by atoms with Gasteiger partial charge in [0.05, 0.1) is 38.9 Å². The zero-order chi connectivity index (χ0) is 27.6. The summed E-state index contributed by atoms with van der Waals surface area (Å²) in [5.74, 6) is 2.94. The van der Waals surface area contributed by atoms with Crippen molar-refractivity contribution in [2.24, 2.45) is 0 Å². The molecule has 0 atom stereocenters. The number of aryl methyl sites for hydroxylation is 1. The summed E-state index contributed by atoms with van der Waals surface area (Å²) in [7, 11) is 4.58. The standard InChI is InChI=1S/C31H35N3O5/c1-5-11-22-12-6-9-15-26(22)39-19-18-34-25-14-8-7-13-24(25)33-29(34)16-10-17-32-31(35)23-20-27(36-2)30(38-4)28(21-23)37-3/h5-9,12-15,20-21H,1,10-11,16-19H2,2-4H3,(H,32,35). The first-order chi connectivity index (χ1) is 19.1. The van der Waals surface area contributed by atoms with Crippen molar-refractivity contribution in [2.45, 2.75) is 25.8 Å². The van der Waals surface area contributed by atoms with Gasteiger partial charge in [-0.25, -0.2) is 4.98 Å². The van der Waals surface area contributed by atoms with E-state index in [2.05, 4.69) is 28.6 Å². The number of para-hydroxylation sites is 3. The Labute approximate surface area is 229 Å². The van der Waals surface area contributed by atoms with Gasteiger partial charge in [0, 0.05) is 18.5 Å². The maximum atomic E-state index is 12.8. The van der Waals surface area contributed by atoms with Gasteiger partial charge in [-0.05, 0) is 48.7 Å². The number of nitrogens with zero attached hydrogens (tertiary/aromatic N) is 2. The molecule has 0 spiro atoms. The number of methoxy groups -OCH3 is 3. The number of nitrogens with one attached hydrogen (secondary N) is 1. The Morgan fingerprint density at radius 1 is 0.974 bits per heavy atom. The highest BCUT2D eigenvalue weighted by Crippen LogP contribution is 2.38. The van der Waals surface area contributed by atoms with Gasteiger partial charge in [-0.3, -0.25) is 4.79 Å². The molecule has 0 aliphatic carbocycles. The van der Waals surface area contributed by atoms with E-state index in [1.165, 1.54) is 21.3 Å². The van der Waals surface area contributed by atoms with Crippen molar-refractivity contribution in [3.63, 3.8) is 0 Å². The number of ether oxygens (including phenoxy) is 4. The number of benzene rings is 3. The molecular weight excluding hydrogens is 494 g/mol. The van der Waals surface area contributed by atoms with Gasteiger partial charge >= 0.3 is 0 Å². The number of amides is 1. The smallest absolute Gasteiger partial charge is 0.251 e. The van der Waals surface area contributed by atoms with Gasteiger partial charge in [0.2, 0.25) is 5.75 Å². The quantitative estimate of drug-likeness (QED) is 0.178. The predicted octanol–water partition coefficient (Wildman–Crippen LogP) is 5.23. The molecule has 1 N–H and O–H groups in total. The fraction of sp³-hybridized carbons (Fsp3) is 0.290. The molecule has 0 saturated carbocycles. The van der Waals surface area contributed by atoms with Crippen LogP contribution in [0.4, 0.5) is 0 Å². The Kier molecular flexibility index (Phi) is 9.45. The largest absolute Gasteiger partial charge is 0.493 e. The van der Waals surface area contributed by atoms with E-state index in [0.29, 0.717) is 48.9 Å². The molecule has 204 valence electrons. The lowest BCUT2D eigenvalue weighted by molar-refractivity contribution is 0.0952. The number of imidazole rings is 1. The number of carbonyl (C=O) groups is 1. The summed E-state index contributed by atoms with van der Waals surface area (Å²) in [4.78, 5) is 17.7. The Balaban J connectivity index is 1.39. The van der Waals surface area contributed by atoms with E-state index in [0.717, 1.165) is 41.0 Å². The third-order valence-corrected chi connectivity index (χ3v) is 6.43. The normalized spacial score (nSPS) is 10.7. The molecule has 3 aromatic carbocycles. The van der Waals surface area contributed by atoms with Crippen LogP contribution in [-0.4, -0.2) is 49.9 Å². The van der Waals surface area contributed by atoms with Crippen LogP contribution in [0, 0.1) is 0 Å². The highest BCUT2D eigenvalue weighted by molar-refractivity contribution is 5.95. The van der Waals surface area contributed by atoms with E-state index >= 15 is 0 Å². The van der Waals surface area contributed by atoms with Crippen molar-refractivity contribution in [1.82, 2.24) is 14.9 Å². The topological polar surface area (TPSA) is 83.8 Å². The van der Waals surface area contributed by atoms with Gasteiger partial charge in [-0.1, -0.05) is 36.4 Å². The predicted molar refractivity (Wildman–Crippen MR) is 152 cm³/mol. The van der Waals surface area contributed by atoms with Crippen molar-refractivity contribution < 1.29 is 23.7 Å². The van der Waals surface area contributed by atoms with E-state index in [4.69, 9.17) is 23.9 Å². The molecule has 0 radical (unpaired) electrons. The van der Waals surface area contributed by atoms with E-state index < -0.39 is 0 Å². The van der Waals surface area contributed by atoms with Gasteiger partial charge in [0.25, 0.3) is 5.91 Å². The van der Waals surface area contributed by atoms with Crippen LogP contribution in [0.5, 0.6) is 23.0 Å². The molecule has 8 heteroatoms. The van der Waals surface area contributed by atoms with Crippen molar-refractivity contribution in [2.75, 3.05) is 34.5 Å². The number of aromatic nitrogens is 2. The Morgan fingerprint density at radius 3 is 2.41 bits per heavy atom. The molecule has 0 aliphatic heterocycles. The molecule has 1 amide bonds. The molecule has 39 heavy (non-hydrogen) atoms. The summed E-state index contributed by atoms with van der Waals surface area (Å²) >= 11 is 0. The second-order valence-electron chi connectivity index (χ2n) is 8.89. The average molecular weight is 530 g/mol. The lowest BCUT2D eigenvalue weighted by atomic mass is 10.1. The summed E-state index contributed by atoms with van der Waals surface area (Å²) < 4.78 is 24.4. The number of hydrogen-bond acceptors (Lipinski definition) is 6. The molecular formula is C31H35N3O5. The molecule has 0 saturated heterocycles. The molecule has 0 unspecified atom stereocenters. The molecule has 8 nitrogen and oxygen atoms in total. The number of carbonyl (C=O) groups excluding carboxylic acids is 1. The van der Waals surface area contributed by atoms with Gasteiger partial charge in [-0.15, -0.1) is 6.58 Å². The van der Waals surface area contributed by atoms with Crippen LogP contribution < -0.4 is 24.3 Å². The zero-order valence-corrected chi connectivity index (χ0v) is 22.7. The van der Waals surface area contributed by atoms with E-state index in [1.54, 1.807) is 12.1 Å². The van der Waals surface area contributed by atoms with Crippen LogP contribution in [-0.2, 0) is 19.4 Å². The van der Waals surface area contributed by atoms with Gasteiger partial charge < -0.3 is 28.8 Å². The highest BCUT2D eigenvalue weighted by Gasteiger charge is 2.17. The number of rotatable bonds is 14. The van der Waals surface area contributed by atoms with E-state index in [1.807, 2.05) is 42.5 Å². The molecule has 4 aromatic rings. The van der Waals surface area contributed by atoms with Crippen LogP contribution in [0.3, 0.4) is 0 Å². The maximum Gasteiger partial charge on any atom is 0.251 e. The number of hydrogen-bond donors (Lipinski definition) is 1. The first-order valence-electron chi connectivity index (χ1n) is 12.9. The lowest BCUT2D eigenvalue weighted by Crippen LogP contribution is -2.25. The summed E-state index contributed by atoms with van der Waals surface area (Å²) in [5, 5.41) is 2.98. The molecule has 0 bridgehead atoms. The summed E-state index contributed by atoms with van der Waals surface area (Å²) in [6.07, 6.45) is 4.07. The van der Waals surface area contributed by atoms with Crippen molar-refractivity contribution in [1.29, 1.82) is 0 Å². The lowest BCUT2D eigenvalue weighted by Gasteiger charge is -2.14. The van der Waals surface area contributed by atoms with Crippen molar-refractivity contribution >= 4 is 16.9 Å². The first kappa shape index (κ1) is 27.6. The van der Waals surface area contributed by atoms with Crippen LogP contribution in [0.2, 0.25) is 0 Å². The molecule has 0 aliphatic rings. The van der Waals surface area contributed by atoms with Crippen LogP contribution in [0.1, 0.15) is 28.2 Å². The number of allylic oxidation sites excluding steroid dienone is 1. The van der Waals surface area contributed by atoms with Gasteiger partial charge in [-0.2, -0.15) is 0 Å². The number of fused-ring (bicyclic) bond motifs is 1. The summed E-state index contributed by atoms with van der Waals surface area (Å²) in [5.41, 5.74) is 3.56. The Bertz CT molecular complexity index is 1400. The monoisotopic (exact) mass is 529 g/mol. The average Bonchev–Trinajstić information content (AvgIpc) is 3.32. The molecule has 4 rings (SSSR count). The minimum atomic E-state index is -0.214. The second kappa shape index (κ2) is 13.4. The first-order valence-corrected chi connectivity index (χ1v) is 12.9. The molecule has 0 fully saturated rings. The van der Waals surface area contributed by atoms with Crippen LogP contribution >= 0.6 is 0 Å². The summed E-state index contributed by atoms with van der Waals surface area (Å²) in [6.45, 7) is 5.51. The fourth-order valence-electron chi connectivity index (χ4n) is 4.54.